The van der Waals surface area contributed by atoms with E-state index in [9.17, 15) is 0 Å². The third-order valence-corrected chi connectivity index (χ3v) is 2.96. The number of nitrogens with zero attached hydrogens (tertiary/aromatic N) is 2. The van der Waals surface area contributed by atoms with E-state index < -0.39 is 0 Å². The average Bonchev–Trinajstić information content (AvgIpc) is 2.84. The molecule has 1 heterocycles. The van der Waals surface area contributed by atoms with Crippen LogP contribution in [0.4, 0.5) is 5.69 Å². The molecule has 21 heavy (non-hydrogen) atoms. The van der Waals surface area contributed by atoms with Gasteiger partial charge in [0.15, 0.2) is 5.96 Å². The molecule has 1 aromatic carbocycles. The molecular weight excluding hydrogens is 264 g/mol. The monoisotopic (exact) mass is 286 g/mol. The van der Waals surface area contributed by atoms with Gasteiger partial charge in [-0.1, -0.05) is 0 Å². The van der Waals surface area contributed by atoms with Crippen molar-refractivity contribution in [3.8, 4) is 5.75 Å². The van der Waals surface area contributed by atoms with Gasteiger partial charge in [-0.05, 0) is 50.2 Å². The molecule has 5 heteroatoms. The van der Waals surface area contributed by atoms with Crippen molar-refractivity contribution in [3.63, 3.8) is 0 Å². The molecule has 0 radical (unpaired) electrons. The second kappa shape index (κ2) is 6.83. The lowest BCUT2D eigenvalue weighted by atomic mass is 10.3. The molecule has 0 saturated carbocycles. The summed E-state index contributed by atoms with van der Waals surface area (Å²) < 4.78 is 7.61. The van der Waals surface area contributed by atoms with Crippen LogP contribution < -0.4 is 15.8 Å². The third kappa shape index (κ3) is 4.56. The van der Waals surface area contributed by atoms with Gasteiger partial charge >= 0.3 is 0 Å². The highest BCUT2D eigenvalue weighted by Gasteiger charge is 2.00. The van der Waals surface area contributed by atoms with Gasteiger partial charge < -0.3 is 20.4 Å². The van der Waals surface area contributed by atoms with Crippen molar-refractivity contribution < 1.29 is 4.74 Å². The normalized spacial score (nSPS) is 11.7. The van der Waals surface area contributed by atoms with Gasteiger partial charge in [0.25, 0.3) is 0 Å². The van der Waals surface area contributed by atoms with Crippen LogP contribution in [0.5, 0.6) is 5.75 Å². The third-order valence-electron chi connectivity index (χ3n) is 2.96. The minimum absolute atomic E-state index is 0.167. The van der Waals surface area contributed by atoms with Crippen LogP contribution >= 0.6 is 0 Å². The summed E-state index contributed by atoms with van der Waals surface area (Å²) in [7, 11) is 1.99. The molecular formula is C16H22N4O. The molecule has 0 aliphatic rings. The lowest BCUT2D eigenvalue weighted by Crippen LogP contribution is -2.22. The molecule has 0 fully saturated rings. The molecule has 2 aromatic rings. The number of guanidine groups is 1. The summed E-state index contributed by atoms with van der Waals surface area (Å²) in [4.78, 5) is 4.32. The van der Waals surface area contributed by atoms with Gasteiger partial charge in [-0.15, -0.1) is 0 Å². The summed E-state index contributed by atoms with van der Waals surface area (Å²) in [5.74, 6) is 1.24. The molecule has 0 amide bonds. The zero-order valence-electron chi connectivity index (χ0n) is 12.7. The van der Waals surface area contributed by atoms with Crippen LogP contribution in [-0.2, 0) is 13.6 Å². The first kappa shape index (κ1) is 15.0. The highest BCUT2D eigenvalue weighted by Crippen LogP contribution is 2.16. The highest BCUT2D eigenvalue weighted by molar-refractivity contribution is 5.92. The molecule has 3 N–H and O–H groups in total. The Morgan fingerprint density at radius 2 is 2.00 bits per heavy atom. The summed E-state index contributed by atoms with van der Waals surface area (Å²) in [6.07, 6.45) is 2.16. The lowest BCUT2D eigenvalue weighted by molar-refractivity contribution is 0.242. The molecule has 2 rings (SSSR count). The number of nitrogens with one attached hydrogen (secondary N) is 1. The van der Waals surface area contributed by atoms with E-state index in [1.54, 1.807) is 0 Å². The number of aliphatic imine (C=N–C) groups is 1. The fraction of sp³-hybridized carbons (Fsp3) is 0.312. The second-order valence-corrected chi connectivity index (χ2v) is 5.13. The van der Waals surface area contributed by atoms with E-state index in [1.165, 1.54) is 0 Å². The van der Waals surface area contributed by atoms with Gasteiger partial charge in [0.05, 0.1) is 12.6 Å². The van der Waals surface area contributed by atoms with Crippen LogP contribution in [0.2, 0.25) is 0 Å². The van der Waals surface area contributed by atoms with Crippen LogP contribution in [-0.4, -0.2) is 16.6 Å². The van der Waals surface area contributed by atoms with Crippen molar-refractivity contribution in [2.75, 3.05) is 5.32 Å². The quantitative estimate of drug-likeness (QED) is 0.656. The molecule has 5 nitrogen and oxygen atoms in total. The molecule has 1 aromatic heterocycles. The molecule has 0 spiro atoms. The topological polar surface area (TPSA) is 64.6 Å². The first-order valence-electron chi connectivity index (χ1n) is 6.98. The number of aromatic nitrogens is 1. The maximum Gasteiger partial charge on any atom is 0.193 e. The minimum Gasteiger partial charge on any atom is -0.491 e. The van der Waals surface area contributed by atoms with Crippen LogP contribution in [0.1, 0.15) is 19.5 Å². The summed E-state index contributed by atoms with van der Waals surface area (Å²) in [6.45, 7) is 4.55. The predicted molar refractivity (Wildman–Crippen MR) is 86.6 cm³/mol. The van der Waals surface area contributed by atoms with Gasteiger partial charge in [-0.25, -0.2) is 4.99 Å². The van der Waals surface area contributed by atoms with Crippen LogP contribution in [0.25, 0.3) is 0 Å². The van der Waals surface area contributed by atoms with Gasteiger partial charge in [0.1, 0.15) is 5.75 Å². The van der Waals surface area contributed by atoms with Crippen LogP contribution in [0, 0.1) is 0 Å². The highest BCUT2D eigenvalue weighted by atomic mass is 16.5. The minimum atomic E-state index is 0.167. The van der Waals surface area contributed by atoms with E-state index in [0.29, 0.717) is 12.5 Å². The molecule has 0 bridgehead atoms. The van der Waals surface area contributed by atoms with Gasteiger partial charge in [-0.3, -0.25) is 0 Å². The number of aryl methyl sites for hydroxylation is 1. The van der Waals surface area contributed by atoms with Crippen molar-refractivity contribution in [1.29, 1.82) is 0 Å². The summed E-state index contributed by atoms with van der Waals surface area (Å²) in [5, 5.41) is 3.07. The number of rotatable bonds is 5. The van der Waals surface area contributed by atoms with Gasteiger partial charge in [0.2, 0.25) is 0 Å². The van der Waals surface area contributed by atoms with E-state index in [4.69, 9.17) is 10.5 Å². The molecule has 0 saturated heterocycles. The summed E-state index contributed by atoms with van der Waals surface area (Å²) in [5.41, 5.74) is 7.89. The Bertz CT molecular complexity index is 599. The Morgan fingerprint density at radius 3 is 2.57 bits per heavy atom. The first-order valence-corrected chi connectivity index (χ1v) is 6.98. The van der Waals surface area contributed by atoms with E-state index in [-0.39, 0.29) is 6.10 Å². The van der Waals surface area contributed by atoms with Crippen molar-refractivity contribution in [3.05, 3.63) is 48.3 Å². The Balaban J connectivity index is 1.93. The molecule has 0 aliphatic heterocycles. The largest absolute Gasteiger partial charge is 0.491 e. The number of hydrogen-bond acceptors (Lipinski definition) is 2. The number of nitrogens with two attached hydrogens (primary N) is 1. The molecule has 0 aliphatic carbocycles. The van der Waals surface area contributed by atoms with Crippen molar-refractivity contribution in [1.82, 2.24) is 4.57 Å². The number of benzene rings is 1. The summed E-state index contributed by atoms with van der Waals surface area (Å²) >= 11 is 0. The molecule has 0 unspecified atom stereocenters. The average molecular weight is 286 g/mol. The van der Waals surface area contributed by atoms with E-state index in [2.05, 4.69) is 10.3 Å². The fourth-order valence-electron chi connectivity index (χ4n) is 1.90. The van der Waals surface area contributed by atoms with Crippen LogP contribution in [0.15, 0.2) is 47.6 Å². The molecule has 112 valence electrons. The van der Waals surface area contributed by atoms with Crippen molar-refractivity contribution in [2.45, 2.75) is 26.5 Å². The Kier molecular flexibility index (Phi) is 4.87. The Hall–Kier alpha value is -2.43. The standard InChI is InChI=1S/C16H22N4O/c1-12(2)21-15-8-6-13(7-9-15)19-16(17)18-11-14-5-4-10-20(14)3/h4-10,12H,11H2,1-3H3,(H3,17,18,19). The maximum atomic E-state index is 5.89. The lowest BCUT2D eigenvalue weighted by Gasteiger charge is -2.11. The van der Waals surface area contributed by atoms with Gasteiger partial charge in [0, 0.05) is 24.6 Å². The Labute approximate surface area is 125 Å². The number of anilines is 1. The Morgan fingerprint density at radius 1 is 1.29 bits per heavy atom. The second-order valence-electron chi connectivity index (χ2n) is 5.13. The number of hydrogen-bond donors (Lipinski definition) is 2. The fourth-order valence-corrected chi connectivity index (χ4v) is 1.90. The van der Waals surface area contributed by atoms with Gasteiger partial charge in [-0.2, -0.15) is 0 Å². The number of ether oxygens (including phenoxy) is 1. The van der Waals surface area contributed by atoms with Crippen molar-refractivity contribution in [2.24, 2.45) is 17.8 Å². The SMILES string of the molecule is CC(C)Oc1ccc(NC(N)=NCc2cccn2C)cc1. The van der Waals surface area contributed by atoms with Crippen LogP contribution in [0.3, 0.4) is 0 Å². The predicted octanol–water partition coefficient (Wildman–Crippen LogP) is 2.74. The van der Waals surface area contributed by atoms with E-state index in [0.717, 1.165) is 17.1 Å². The molecule has 0 atom stereocenters. The van der Waals surface area contributed by atoms with Crippen molar-refractivity contribution >= 4 is 11.6 Å². The zero-order valence-corrected chi connectivity index (χ0v) is 12.7. The first-order chi connectivity index (χ1) is 10.0. The van der Waals surface area contributed by atoms with E-state index in [1.807, 2.05) is 68.1 Å². The zero-order chi connectivity index (χ0) is 15.2. The smallest absolute Gasteiger partial charge is 0.193 e. The summed E-state index contributed by atoms with van der Waals surface area (Å²) in [6, 6.07) is 11.7. The van der Waals surface area contributed by atoms with E-state index >= 15 is 0 Å². The maximum absolute atomic E-state index is 5.89.